The number of aromatic nitrogens is 2. The highest BCUT2D eigenvalue weighted by Gasteiger charge is 2.25. The summed E-state index contributed by atoms with van der Waals surface area (Å²) in [5.41, 5.74) is 7.77. The van der Waals surface area contributed by atoms with Crippen molar-refractivity contribution in [3.63, 3.8) is 0 Å². The van der Waals surface area contributed by atoms with Crippen LogP contribution in [0.4, 0.5) is 5.69 Å². The number of unbranched alkanes of at least 4 members (excludes halogenated alkanes) is 1. The predicted molar refractivity (Wildman–Crippen MR) is 80.4 cm³/mol. The fourth-order valence-electron chi connectivity index (χ4n) is 3.22. The van der Waals surface area contributed by atoms with Crippen molar-refractivity contribution in [1.82, 2.24) is 9.97 Å². The van der Waals surface area contributed by atoms with Crippen molar-refractivity contribution in [2.24, 2.45) is 5.92 Å². The summed E-state index contributed by atoms with van der Waals surface area (Å²) < 4.78 is 5.80. The van der Waals surface area contributed by atoms with E-state index in [0.717, 1.165) is 17.3 Å². The molecule has 2 N–H and O–H groups in total. The molecular weight excluding hydrogens is 250 g/mol. The molecule has 0 amide bonds. The second kappa shape index (κ2) is 5.81. The zero-order valence-electron chi connectivity index (χ0n) is 12.1. The predicted octanol–water partition coefficient (Wildman–Crippen LogP) is 4.27. The zero-order valence-corrected chi connectivity index (χ0v) is 12.1. The Morgan fingerprint density at radius 2 is 2.10 bits per heavy atom. The van der Waals surface area contributed by atoms with E-state index in [1.165, 1.54) is 44.9 Å². The highest BCUT2D eigenvalue weighted by molar-refractivity contribution is 5.71. The van der Waals surface area contributed by atoms with Gasteiger partial charge >= 0.3 is 0 Å². The van der Waals surface area contributed by atoms with E-state index in [-0.39, 0.29) is 0 Å². The van der Waals surface area contributed by atoms with Gasteiger partial charge in [-0.15, -0.1) is 0 Å². The van der Waals surface area contributed by atoms with Crippen LogP contribution >= 0.6 is 0 Å². The summed E-state index contributed by atoms with van der Waals surface area (Å²) in [5, 5.41) is 0. The Bertz CT molecular complexity index is 570. The molecule has 0 aliphatic heterocycles. The smallest absolute Gasteiger partial charge is 0.247 e. The summed E-state index contributed by atoms with van der Waals surface area (Å²) in [7, 11) is 0. The molecule has 20 heavy (non-hydrogen) atoms. The average Bonchev–Trinajstić information content (AvgIpc) is 2.88. The lowest BCUT2D eigenvalue weighted by molar-refractivity contribution is 0.280. The Labute approximate surface area is 119 Å². The summed E-state index contributed by atoms with van der Waals surface area (Å²) >= 11 is 0. The van der Waals surface area contributed by atoms with Crippen molar-refractivity contribution in [2.45, 2.75) is 57.8 Å². The molecule has 0 aromatic carbocycles. The largest absolute Gasteiger partial charge is 0.422 e. The van der Waals surface area contributed by atoms with Gasteiger partial charge in [0.15, 0.2) is 0 Å². The number of nitrogen functional groups attached to an aromatic ring is 1. The van der Waals surface area contributed by atoms with Gasteiger partial charge in [-0.25, -0.2) is 9.97 Å². The molecule has 1 fully saturated rings. The normalized spacial score (nSPS) is 23.2. The van der Waals surface area contributed by atoms with Crippen LogP contribution in [0.2, 0.25) is 0 Å². The highest BCUT2D eigenvalue weighted by atomic mass is 16.4. The molecule has 0 atom stereocenters. The van der Waals surface area contributed by atoms with Crippen LogP contribution in [0.25, 0.3) is 11.2 Å². The number of hydrogen-bond acceptors (Lipinski definition) is 4. The van der Waals surface area contributed by atoms with Gasteiger partial charge in [-0.1, -0.05) is 26.2 Å². The van der Waals surface area contributed by atoms with Crippen molar-refractivity contribution in [3.05, 3.63) is 18.2 Å². The number of oxazole rings is 1. The Kier molecular flexibility index (Phi) is 3.90. The molecule has 4 nitrogen and oxygen atoms in total. The lowest BCUT2D eigenvalue weighted by atomic mass is 9.80. The number of nitrogens with two attached hydrogens (primary N) is 1. The van der Waals surface area contributed by atoms with Crippen LogP contribution in [0.1, 0.15) is 63.7 Å². The molecule has 108 valence electrons. The van der Waals surface area contributed by atoms with E-state index < -0.39 is 0 Å². The summed E-state index contributed by atoms with van der Waals surface area (Å²) in [6.07, 6.45) is 10.7. The molecule has 2 heterocycles. The molecule has 1 aliphatic rings. The van der Waals surface area contributed by atoms with E-state index in [0.29, 0.717) is 17.3 Å². The van der Waals surface area contributed by atoms with Crippen LogP contribution in [0.3, 0.4) is 0 Å². The summed E-state index contributed by atoms with van der Waals surface area (Å²) in [6, 6.07) is 1.84. The third-order valence-electron chi connectivity index (χ3n) is 4.45. The van der Waals surface area contributed by atoms with Crippen molar-refractivity contribution in [1.29, 1.82) is 0 Å². The van der Waals surface area contributed by atoms with Gasteiger partial charge in [0.05, 0.1) is 11.9 Å². The lowest BCUT2D eigenvalue weighted by Gasteiger charge is -2.26. The summed E-state index contributed by atoms with van der Waals surface area (Å²) in [4.78, 5) is 8.77. The first-order chi connectivity index (χ1) is 9.76. The van der Waals surface area contributed by atoms with Crippen molar-refractivity contribution in [3.8, 4) is 0 Å². The Morgan fingerprint density at radius 1 is 1.30 bits per heavy atom. The van der Waals surface area contributed by atoms with Gasteiger partial charge < -0.3 is 10.2 Å². The first-order valence-corrected chi connectivity index (χ1v) is 7.78. The van der Waals surface area contributed by atoms with Crippen LogP contribution in [0.15, 0.2) is 16.7 Å². The third kappa shape index (κ3) is 2.79. The molecule has 0 bridgehead atoms. The first-order valence-electron chi connectivity index (χ1n) is 7.78. The number of nitrogens with zero attached hydrogens (tertiary/aromatic N) is 2. The van der Waals surface area contributed by atoms with Crippen LogP contribution in [-0.4, -0.2) is 9.97 Å². The number of anilines is 1. The van der Waals surface area contributed by atoms with E-state index >= 15 is 0 Å². The summed E-state index contributed by atoms with van der Waals surface area (Å²) in [5.74, 6) is 2.22. The van der Waals surface area contributed by atoms with E-state index in [9.17, 15) is 0 Å². The average molecular weight is 273 g/mol. The fraction of sp³-hybridized carbons (Fsp3) is 0.625. The van der Waals surface area contributed by atoms with Gasteiger partial charge in [0.25, 0.3) is 0 Å². The van der Waals surface area contributed by atoms with E-state index in [2.05, 4.69) is 16.9 Å². The second-order valence-electron chi connectivity index (χ2n) is 6.00. The highest BCUT2D eigenvalue weighted by Crippen LogP contribution is 2.38. The van der Waals surface area contributed by atoms with Crippen molar-refractivity contribution in [2.75, 3.05) is 5.73 Å². The SMILES string of the molecule is CCCCC1CCC(c2nc3cc(N)cnc3o2)CC1. The molecule has 4 heteroatoms. The van der Waals surface area contributed by atoms with E-state index in [1.807, 2.05) is 6.07 Å². The Morgan fingerprint density at radius 3 is 2.85 bits per heavy atom. The third-order valence-corrected chi connectivity index (χ3v) is 4.45. The van der Waals surface area contributed by atoms with Gasteiger partial charge in [0, 0.05) is 5.92 Å². The lowest BCUT2D eigenvalue weighted by Crippen LogP contribution is -2.13. The molecule has 3 rings (SSSR count). The molecule has 2 aromatic heterocycles. The van der Waals surface area contributed by atoms with Gasteiger partial charge in [-0.05, 0) is 37.7 Å². The van der Waals surface area contributed by atoms with Crippen molar-refractivity contribution < 1.29 is 4.42 Å². The minimum atomic E-state index is 0.461. The maximum atomic E-state index is 5.80. The van der Waals surface area contributed by atoms with Gasteiger partial charge in [0.1, 0.15) is 5.52 Å². The number of fused-ring (bicyclic) bond motifs is 1. The van der Waals surface area contributed by atoms with E-state index in [4.69, 9.17) is 10.2 Å². The van der Waals surface area contributed by atoms with Crippen LogP contribution in [0.5, 0.6) is 0 Å². The molecule has 0 unspecified atom stereocenters. The molecular formula is C16H23N3O. The standard InChI is InChI=1S/C16H23N3O/c1-2-3-4-11-5-7-12(8-6-11)15-19-14-9-13(17)10-18-16(14)20-15/h9-12H,2-8,17H2,1H3. The number of hydrogen-bond donors (Lipinski definition) is 1. The molecule has 0 radical (unpaired) electrons. The second-order valence-corrected chi connectivity index (χ2v) is 6.00. The molecule has 0 saturated heterocycles. The van der Waals surface area contributed by atoms with Crippen LogP contribution < -0.4 is 5.73 Å². The minimum absolute atomic E-state index is 0.461. The summed E-state index contributed by atoms with van der Waals surface area (Å²) in [6.45, 7) is 2.27. The molecule has 1 aliphatic carbocycles. The Balaban J connectivity index is 1.67. The number of pyridine rings is 1. The Hall–Kier alpha value is -1.58. The van der Waals surface area contributed by atoms with Crippen LogP contribution in [-0.2, 0) is 0 Å². The molecule has 0 spiro atoms. The topological polar surface area (TPSA) is 64.9 Å². The van der Waals surface area contributed by atoms with Gasteiger partial charge in [-0.3, -0.25) is 0 Å². The van der Waals surface area contributed by atoms with Crippen molar-refractivity contribution >= 4 is 16.9 Å². The maximum absolute atomic E-state index is 5.80. The van der Waals surface area contributed by atoms with Gasteiger partial charge in [0.2, 0.25) is 11.6 Å². The maximum Gasteiger partial charge on any atom is 0.247 e. The van der Waals surface area contributed by atoms with E-state index in [1.54, 1.807) is 6.20 Å². The fourth-order valence-corrected chi connectivity index (χ4v) is 3.22. The minimum Gasteiger partial charge on any atom is -0.422 e. The monoisotopic (exact) mass is 273 g/mol. The molecule has 1 saturated carbocycles. The quantitative estimate of drug-likeness (QED) is 0.903. The number of rotatable bonds is 4. The molecule has 2 aromatic rings. The van der Waals surface area contributed by atoms with Gasteiger partial charge in [-0.2, -0.15) is 0 Å². The zero-order chi connectivity index (χ0) is 13.9. The van der Waals surface area contributed by atoms with Crippen LogP contribution in [0, 0.1) is 5.92 Å². The first kappa shape index (κ1) is 13.4.